The van der Waals surface area contributed by atoms with Crippen LogP contribution >= 0.6 is 11.6 Å². The van der Waals surface area contributed by atoms with Crippen molar-refractivity contribution in [2.45, 2.75) is 13.5 Å². The summed E-state index contributed by atoms with van der Waals surface area (Å²) in [5.74, 6) is 0.532. The highest BCUT2D eigenvalue weighted by atomic mass is 35.5. The van der Waals surface area contributed by atoms with Gasteiger partial charge in [-0.3, -0.25) is 9.69 Å². The Kier molecular flexibility index (Phi) is 5.30. The van der Waals surface area contributed by atoms with Crippen LogP contribution in [0.4, 0.5) is 4.79 Å². The van der Waals surface area contributed by atoms with Crippen molar-refractivity contribution in [2.75, 3.05) is 26.2 Å². The molecule has 3 rings (SSSR count). The molecule has 25 heavy (non-hydrogen) atoms. The largest absolute Gasteiger partial charge is 0.449 e. The zero-order chi connectivity index (χ0) is 17.8. The third-order valence-electron chi connectivity index (χ3n) is 3.69. The molecule has 0 bridgehead atoms. The molecule has 0 saturated carbocycles. The third kappa shape index (κ3) is 4.15. The fraction of sp³-hybridized carbons (Fsp3) is 0.375. The van der Waals surface area contributed by atoms with Gasteiger partial charge in [0, 0.05) is 23.7 Å². The summed E-state index contributed by atoms with van der Waals surface area (Å²) in [6, 6.07) is 7.12. The summed E-state index contributed by atoms with van der Waals surface area (Å²) in [5, 5.41) is 4.52. The minimum absolute atomic E-state index is 0.0971. The minimum Gasteiger partial charge on any atom is -0.449 e. The molecule has 8 nitrogen and oxygen atoms in total. The van der Waals surface area contributed by atoms with Gasteiger partial charge in [-0.15, -0.1) is 0 Å². The van der Waals surface area contributed by atoms with Crippen molar-refractivity contribution in [3.05, 3.63) is 35.1 Å². The lowest BCUT2D eigenvalue weighted by Gasteiger charge is -2.31. The van der Waals surface area contributed by atoms with Crippen molar-refractivity contribution in [1.82, 2.24) is 19.9 Å². The standard InChI is InChI=1S/C16H17ClN4O4/c1-2-24-16(23)21-7-6-20(10-14(21)22)9-13-18-15(25-19-13)11-4-3-5-12(17)8-11/h3-5,8H,2,6-7,9-10H2,1H3. The average Bonchev–Trinajstić information content (AvgIpc) is 3.03. The molecule has 1 aliphatic heterocycles. The van der Waals surface area contributed by atoms with Crippen molar-refractivity contribution in [3.63, 3.8) is 0 Å². The summed E-state index contributed by atoms with van der Waals surface area (Å²) < 4.78 is 10.1. The number of carbonyl (C=O) groups is 2. The quantitative estimate of drug-likeness (QED) is 0.821. The Morgan fingerprint density at radius 3 is 2.96 bits per heavy atom. The maximum Gasteiger partial charge on any atom is 0.416 e. The molecule has 0 unspecified atom stereocenters. The molecule has 1 aromatic carbocycles. The molecule has 9 heteroatoms. The van der Waals surface area contributed by atoms with Crippen LogP contribution in [0, 0.1) is 0 Å². The van der Waals surface area contributed by atoms with Crippen molar-refractivity contribution in [1.29, 1.82) is 0 Å². The number of carbonyl (C=O) groups excluding carboxylic acids is 2. The van der Waals surface area contributed by atoms with E-state index in [2.05, 4.69) is 10.1 Å². The van der Waals surface area contributed by atoms with Crippen LogP contribution in [0.2, 0.25) is 5.02 Å². The molecule has 0 spiro atoms. The smallest absolute Gasteiger partial charge is 0.416 e. The first kappa shape index (κ1) is 17.4. The Balaban J connectivity index is 1.61. The van der Waals surface area contributed by atoms with Gasteiger partial charge in [0.05, 0.1) is 19.7 Å². The first-order valence-electron chi connectivity index (χ1n) is 7.85. The third-order valence-corrected chi connectivity index (χ3v) is 3.93. The fourth-order valence-electron chi connectivity index (χ4n) is 2.51. The lowest BCUT2D eigenvalue weighted by molar-refractivity contribution is -0.134. The van der Waals surface area contributed by atoms with Gasteiger partial charge in [-0.25, -0.2) is 9.69 Å². The van der Waals surface area contributed by atoms with Crippen LogP contribution < -0.4 is 0 Å². The molecule has 0 atom stereocenters. The van der Waals surface area contributed by atoms with Crippen LogP contribution in [-0.4, -0.2) is 58.2 Å². The van der Waals surface area contributed by atoms with Crippen LogP contribution in [0.15, 0.2) is 28.8 Å². The molecule has 132 valence electrons. The number of rotatable bonds is 4. The zero-order valence-electron chi connectivity index (χ0n) is 13.6. The second kappa shape index (κ2) is 7.62. The van der Waals surface area contributed by atoms with E-state index in [4.69, 9.17) is 20.9 Å². The van der Waals surface area contributed by atoms with E-state index in [0.29, 0.717) is 29.8 Å². The number of hydrogen-bond donors (Lipinski definition) is 0. The monoisotopic (exact) mass is 364 g/mol. The van der Waals surface area contributed by atoms with Gasteiger partial charge in [0.25, 0.3) is 5.89 Å². The summed E-state index contributed by atoms with van der Waals surface area (Å²) in [4.78, 5) is 31.1. The summed E-state index contributed by atoms with van der Waals surface area (Å²) in [5.41, 5.74) is 0.731. The number of nitrogens with zero attached hydrogens (tertiary/aromatic N) is 4. The van der Waals surface area contributed by atoms with Crippen LogP contribution in [0.1, 0.15) is 12.7 Å². The molecule has 1 fully saturated rings. The lowest BCUT2D eigenvalue weighted by atomic mass is 10.2. The van der Waals surface area contributed by atoms with E-state index >= 15 is 0 Å². The van der Waals surface area contributed by atoms with Crippen molar-refractivity contribution >= 4 is 23.6 Å². The lowest BCUT2D eigenvalue weighted by Crippen LogP contribution is -2.52. The van der Waals surface area contributed by atoms with Gasteiger partial charge in [-0.05, 0) is 25.1 Å². The zero-order valence-corrected chi connectivity index (χ0v) is 14.4. The number of imide groups is 1. The Bertz CT molecular complexity index is 779. The van der Waals surface area contributed by atoms with Gasteiger partial charge in [0.15, 0.2) is 5.82 Å². The van der Waals surface area contributed by atoms with E-state index < -0.39 is 6.09 Å². The molecule has 0 N–H and O–H groups in total. The molecular weight excluding hydrogens is 348 g/mol. The Morgan fingerprint density at radius 1 is 1.40 bits per heavy atom. The Morgan fingerprint density at radius 2 is 2.24 bits per heavy atom. The van der Waals surface area contributed by atoms with Crippen molar-refractivity contribution in [3.8, 4) is 11.5 Å². The number of hydrogen-bond acceptors (Lipinski definition) is 7. The number of amides is 2. The van der Waals surface area contributed by atoms with Crippen LogP contribution in [0.3, 0.4) is 0 Å². The number of halogens is 1. The number of benzene rings is 1. The summed E-state index contributed by atoms with van der Waals surface area (Å²) in [6.07, 6.45) is -0.602. The van der Waals surface area contributed by atoms with E-state index in [1.165, 1.54) is 0 Å². The molecule has 2 aromatic rings. The topological polar surface area (TPSA) is 88.8 Å². The predicted molar refractivity (Wildman–Crippen MR) is 88.8 cm³/mol. The van der Waals surface area contributed by atoms with Crippen molar-refractivity contribution < 1.29 is 18.8 Å². The summed E-state index contributed by atoms with van der Waals surface area (Å²) >= 11 is 5.96. The highest BCUT2D eigenvalue weighted by Crippen LogP contribution is 2.21. The fourth-order valence-corrected chi connectivity index (χ4v) is 2.70. The molecule has 2 heterocycles. The van der Waals surface area contributed by atoms with E-state index in [9.17, 15) is 9.59 Å². The maximum atomic E-state index is 12.1. The molecule has 0 radical (unpaired) electrons. The van der Waals surface area contributed by atoms with E-state index in [1.54, 1.807) is 25.1 Å². The number of aromatic nitrogens is 2. The molecule has 1 aliphatic rings. The minimum atomic E-state index is -0.602. The number of ether oxygens (including phenoxy) is 1. The highest BCUT2D eigenvalue weighted by molar-refractivity contribution is 6.30. The van der Waals surface area contributed by atoms with Gasteiger partial charge in [0.2, 0.25) is 5.91 Å². The van der Waals surface area contributed by atoms with E-state index in [0.717, 1.165) is 10.5 Å². The average molecular weight is 365 g/mol. The Hall–Kier alpha value is -2.45. The van der Waals surface area contributed by atoms with Crippen LogP contribution in [0.5, 0.6) is 0 Å². The summed E-state index contributed by atoms with van der Waals surface area (Å²) in [6.45, 7) is 3.18. The first-order chi connectivity index (χ1) is 12.1. The van der Waals surface area contributed by atoms with Crippen LogP contribution in [0.25, 0.3) is 11.5 Å². The van der Waals surface area contributed by atoms with Gasteiger partial charge in [-0.1, -0.05) is 22.8 Å². The molecular formula is C16H17ClN4O4. The predicted octanol–water partition coefficient (Wildman–Crippen LogP) is 2.19. The highest BCUT2D eigenvalue weighted by Gasteiger charge is 2.30. The molecule has 0 aliphatic carbocycles. The molecule has 1 saturated heterocycles. The molecule has 1 aromatic heterocycles. The normalized spacial score (nSPS) is 15.4. The van der Waals surface area contributed by atoms with Crippen molar-refractivity contribution in [2.24, 2.45) is 0 Å². The van der Waals surface area contributed by atoms with Gasteiger partial charge < -0.3 is 9.26 Å². The second-order valence-corrected chi connectivity index (χ2v) is 5.92. The Labute approximate surface area is 149 Å². The van der Waals surface area contributed by atoms with E-state index in [1.807, 2.05) is 11.0 Å². The molecule has 2 amide bonds. The first-order valence-corrected chi connectivity index (χ1v) is 8.22. The summed E-state index contributed by atoms with van der Waals surface area (Å²) in [7, 11) is 0. The number of piperazine rings is 1. The second-order valence-electron chi connectivity index (χ2n) is 5.48. The van der Waals surface area contributed by atoms with E-state index in [-0.39, 0.29) is 25.6 Å². The van der Waals surface area contributed by atoms with Gasteiger partial charge in [-0.2, -0.15) is 4.98 Å². The maximum absolute atomic E-state index is 12.1. The van der Waals surface area contributed by atoms with Gasteiger partial charge in [0.1, 0.15) is 0 Å². The van der Waals surface area contributed by atoms with Crippen LogP contribution in [-0.2, 0) is 16.1 Å². The van der Waals surface area contributed by atoms with Gasteiger partial charge >= 0.3 is 6.09 Å². The SMILES string of the molecule is CCOC(=O)N1CCN(Cc2noc(-c3cccc(Cl)c3)n2)CC1=O.